The van der Waals surface area contributed by atoms with Crippen LogP contribution in [-0.2, 0) is 7.05 Å². The molecule has 3 heteroatoms. The summed E-state index contributed by atoms with van der Waals surface area (Å²) in [5.41, 5.74) is 3.72. The quantitative estimate of drug-likeness (QED) is 0.782. The largest absolute Gasteiger partial charge is 0.336 e. The Morgan fingerprint density at radius 2 is 1.95 bits per heavy atom. The van der Waals surface area contributed by atoms with E-state index in [9.17, 15) is 4.39 Å². The van der Waals surface area contributed by atoms with Gasteiger partial charge in [-0.05, 0) is 31.0 Å². The fourth-order valence-corrected chi connectivity index (χ4v) is 2.15. The Kier molecular flexibility index (Phi) is 3.65. The van der Waals surface area contributed by atoms with E-state index in [-0.39, 0.29) is 5.82 Å². The van der Waals surface area contributed by atoms with Gasteiger partial charge >= 0.3 is 0 Å². The summed E-state index contributed by atoms with van der Waals surface area (Å²) in [6.45, 7) is 7.35. The van der Waals surface area contributed by atoms with Crippen LogP contribution in [0, 0.1) is 19.7 Å². The average Bonchev–Trinajstić information content (AvgIpc) is 2.39. The third kappa shape index (κ3) is 2.36. The Hall–Kier alpha value is -2.16. The zero-order valence-corrected chi connectivity index (χ0v) is 11.4. The molecule has 0 radical (unpaired) electrons. The summed E-state index contributed by atoms with van der Waals surface area (Å²) < 4.78 is 16.2. The molecule has 2 rings (SSSR count). The summed E-state index contributed by atoms with van der Waals surface area (Å²) in [6.07, 6.45) is 3.39. The molecule has 1 aromatic heterocycles. The Labute approximate surface area is 112 Å². The Morgan fingerprint density at radius 3 is 2.63 bits per heavy atom. The summed E-state index contributed by atoms with van der Waals surface area (Å²) >= 11 is 0. The molecule has 2 nitrogen and oxygen atoms in total. The van der Waals surface area contributed by atoms with Gasteiger partial charge in [-0.15, -0.1) is 0 Å². The van der Waals surface area contributed by atoms with Crippen molar-refractivity contribution in [3.8, 4) is 11.1 Å². The van der Waals surface area contributed by atoms with Crippen LogP contribution >= 0.6 is 0 Å². The molecule has 98 valence electrons. The van der Waals surface area contributed by atoms with E-state index in [0.717, 1.165) is 11.1 Å². The number of hydrogen-bond donors (Lipinski definition) is 0. The van der Waals surface area contributed by atoms with Gasteiger partial charge in [-0.25, -0.2) is 9.38 Å². The first-order valence-electron chi connectivity index (χ1n) is 6.12. The van der Waals surface area contributed by atoms with Crippen LogP contribution in [0.4, 0.5) is 4.39 Å². The van der Waals surface area contributed by atoms with Crippen LogP contribution < -0.4 is 5.49 Å². The van der Waals surface area contributed by atoms with Crippen molar-refractivity contribution >= 4 is 0 Å². The van der Waals surface area contributed by atoms with Crippen LogP contribution in [0.1, 0.15) is 11.1 Å². The number of aryl methyl sites for hydroxylation is 3. The lowest BCUT2D eigenvalue weighted by Gasteiger charge is -2.12. The predicted octanol–water partition coefficient (Wildman–Crippen LogP) is 3.49. The van der Waals surface area contributed by atoms with Crippen molar-refractivity contribution in [1.29, 1.82) is 0 Å². The topological polar surface area (TPSA) is 17.3 Å². The molecule has 1 aromatic carbocycles. The molecule has 0 spiro atoms. The number of benzene rings is 1. The van der Waals surface area contributed by atoms with E-state index in [4.69, 9.17) is 0 Å². The summed E-state index contributed by atoms with van der Waals surface area (Å²) in [5.74, 6) is -0.197. The highest BCUT2D eigenvalue weighted by molar-refractivity contribution is 5.67. The first-order valence-corrected chi connectivity index (χ1v) is 6.12. The molecule has 19 heavy (non-hydrogen) atoms. The van der Waals surface area contributed by atoms with Crippen LogP contribution in [0.15, 0.2) is 48.2 Å². The molecular weight excluding hydrogens is 239 g/mol. The molecule has 0 N–H and O–H groups in total. The van der Waals surface area contributed by atoms with Crippen molar-refractivity contribution in [1.82, 2.24) is 4.57 Å². The van der Waals surface area contributed by atoms with E-state index in [1.165, 1.54) is 6.20 Å². The second kappa shape index (κ2) is 5.22. The maximum atomic E-state index is 14.3. The SMILES string of the molecule is C=CN=c1c(-c2cccc(C)c2F)c(C)ccn1C. The van der Waals surface area contributed by atoms with Gasteiger partial charge in [0.1, 0.15) is 11.3 Å². The minimum atomic E-state index is -0.197. The monoisotopic (exact) mass is 256 g/mol. The van der Waals surface area contributed by atoms with Crippen LogP contribution in [-0.4, -0.2) is 4.57 Å². The number of hydrogen-bond acceptors (Lipinski definition) is 1. The molecule has 0 unspecified atom stereocenters. The second-order valence-corrected chi connectivity index (χ2v) is 4.56. The lowest BCUT2D eigenvalue weighted by molar-refractivity contribution is 0.621. The smallest absolute Gasteiger partial charge is 0.140 e. The molecule has 1 heterocycles. The Bertz CT molecular complexity index is 696. The molecule has 0 fully saturated rings. The normalized spacial score (nSPS) is 11.7. The number of pyridine rings is 1. The standard InChI is InChI=1S/C16H17FN2/c1-5-18-16-14(11(2)9-10-19(16)4)13-8-6-7-12(3)15(13)17/h5-10H,1H2,2-4H3. The molecule has 0 saturated carbocycles. The van der Waals surface area contributed by atoms with Crippen LogP contribution in [0.5, 0.6) is 0 Å². The van der Waals surface area contributed by atoms with Gasteiger partial charge in [0.2, 0.25) is 0 Å². The van der Waals surface area contributed by atoms with Gasteiger partial charge in [-0.1, -0.05) is 24.8 Å². The highest BCUT2D eigenvalue weighted by Gasteiger charge is 2.12. The van der Waals surface area contributed by atoms with E-state index < -0.39 is 0 Å². The Balaban J connectivity index is 2.90. The fourth-order valence-electron chi connectivity index (χ4n) is 2.15. The molecule has 0 aliphatic carbocycles. The van der Waals surface area contributed by atoms with Crippen LogP contribution in [0.25, 0.3) is 11.1 Å². The Morgan fingerprint density at radius 1 is 1.21 bits per heavy atom. The van der Waals surface area contributed by atoms with Gasteiger partial charge in [0, 0.05) is 30.6 Å². The summed E-state index contributed by atoms with van der Waals surface area (Å²) in [5, 5.41) is 0. The minimum absolute atomic E-state index is 0.197. The highest BCUT2D eigenvalue weighted by Crippen LogP contribution is 2.24. The predicted molar refractivity (Wildman–Crippen MR) is 76.0 cm³/mol. The van der Waals surface area contributed by atoms with Crippen molar-refractivity contribution in [2.75, 3.05) is 0 Å². The van der Waals surface area contributed by atoms with Gasteiger partial charge in [-0.2, -0.15) is 0 Å². The van der Waals surface area contributed by atoms with E-state index in [0.29, 0.717) is 16.6 Å². The van der Waals surface area contributed by atoms with Gasteiger partial charge in [0.25, 0.3) is 0 Å². The average molecular weight is 256 g/mol. The van der Waals surface area contributed by atoms with E-state index in [1.54, 1.807) is 19.1 Å². The molecule has 0 atom stereocenters. The second-order valence-electron chi connectivity index (χ2n) is 4.56. The third-order valence-corrected chi connectivity index (χ3v) is 3.17. The summed E-state index contributed by atoms with van der Waals surface area (Å²) in [6, 6.07) is 7.37. The molecule has 0 aliphatic heterocycles. The van der Waals surface area contributed by atoms with Crippen molar-refractivity contribution in [2.24, 2.45) is 12.0 Å². The summed E-state index contributed by atoms with van der Waals surface area (Å²) in [4.78, 5) is 4.27. The van der Waals surface area contributed by atoms with Crippen molar-refractivity contribution in [3.63, 3.8) is 0 Å². The van der Waals surface area contributed by atoms with E-state index in [2.05, 4.69) is 11.6 Å². The molecule has 0 amide bonds. The molecule has 0 saturated heterocycles. The van der Waals surface area contributed by atoms with Gasteiger partial charge in [0.05, 0.1) is 0 Å². The van der Waals surface area contributed by atoms with Crippen molar-refractivity contribution in [2.45, 2.75) is 13.8 Å². The number of nitrogens with zero attached hydrogens (tertiary/aromatic N) is 2. The van der Waals surface area contributed by atoms with E-state index >= 15 is 0 Å². The van der Waals surface area contributed by atoms with E-state index in [1.807, 2.05) is 36.9 Å². The zero-order valence-electron chi connectivity index (χ0n) is 11.4. The van der Waals surface area contributed by atoms with Gasteiger partial charge in [0.15, 0.2) is 0 Å². The number of rotatable bonds is 2. The fraction of sp³-hybridized carbons (Fsp3) is 0.188. The third-order valence-electron chi connectivity index (χ3n) is 3.17. The summed E-state index contributed by atoms with van der Waals surface area (Å²) in [7, 11) is 1.89. The first kappa shape index (κ1) is 13.3. The van der Waals surface area contributed by atoms with Gasteiger partial charge < -0.3 is 4.57 Å². The lowest BCUT2D eigenvalue weighted by Crippen LogP contribution is -2.21. The maximum absolute atomic E-state index is 14.3. The molecule has 0 aliphatic rings. The number of aromatic nitrogens is 1. The van der Waals surface area contributed by atoms with Crippen molar-refractivity contribution in [3.05, 3.63) is 65.7 Å². The maximum Gasteiger partial charge on any atom is 0.140 e. The van der Waals surface area contributed by atoms with Crippen LogP contribution in [0.2, 0.25) is 0 Å². The van der Waals surface area contributed by atoms with Gasteiger partial charge in [-0.3, -0.25) is 0 Å². The zero-order chi connectivity index (χ0) is 14.0. The van der Waals surface area contributed by atoms with Crippen molar-refractivity contribution < 1.29 is 4.39 Å². The number of halogens is 1. The molecular formula is C16H17FN2. The van der Waals surface area contributed by atoms with Crippen LogP contribution in [0.3, 0.4) is 0 Å². The molecule has 2 aromatic rings. The minimum Gasteiger partial charge on any atom is -0.336 e. The molecule has 0 bridgehead atoms. The highest BCUT2D eigenvalue weighted by atomic mass is 19.1. The first-order chi connectivity index (χ1) is 9.06. The lowest BCUT2D eigenvalue weighted by atomic mass is 10.00.